The number of amides is 2. The number of aromatic nitrogens is 3. The van der Waals surface area contributed by atoms with Gasteiger partial charge in [0.25, 0.3) is 5.91 Å². The zero-order valence-electron chi connectivity index (χ0n) is 27.1. The Labute approximate surface area is 276 Å². The monoisotopic (exact) mass is 665 g/mol. The summed E-state index contributed by atoms with van der Waals surface area (Å²) < 4.78 is 53.1. The number of ether oxygens (including phenoxy) is 2. The molecule has 0 spiro atoms. The highest BCUT2D eigenvalue weighted by molar-refractivity contribution is 6.06. The average Bonchev–Trinajstić information content (AvgIpc) is 3.50. The number of rotatable bonds is 9. The van der Waals surface area contributed by atoms with Crippen LogP contribution in [0.15, 0.2) is 66.9 Å². The molecule has 0 saturated carbocycles. The number of nitrogens with one attached hydrogen (secondary N) is 3. The number of halogens is 3. The number of anilines is 4. The summed E-state index contributed by atoms with van der Waals surface area (Å²) in [5.74, 6) is 0.587. The van der Waals surface area contributed by atoms with Crippen LogP contribution in [-0.2, 0) is 23.8 Å². The normalized spacial score (nSPS) is 13.6. The van der Waals surface area contributed by atoms with E-state index in [9.17, 15) is 22.8 Å². The van der Waals surface area contributed by atoms with Crippen LogP contribution < -0.4 is 20.3 Å². The molecule has 0 atom stereocenters. The lowest BCUT2D eigenvalue weighted by Gasteiger charge is -2.38. The Balaban J connectivity index is 1.25. The standard InChI is InChI=1S/C34H38F3N7O4/c1-33(2,3)48-32(46)44-17-15-43(16-18-44)30-26(34(35,36)37)9-6-10-27(30)40-31(45)23-8-5-7-22(19-23)11-12-24-20-28(42-41-24)39-25-13-14-29(47-4)38-21-25/h5-10,13-14,19-21H,11-12,15-18H2,1-4H3,(H,40,45)(H2,39,41,42). The summed E-state index contributed by atoms with van der Waals surface area (Å²) in [4.78, 5) is 33.1. The fraction of sp³-hybridized carbons (Fsp3) is 0.353. The van der Waals surface area contributed by atoms with Crippen molar-refractivity contribution in [2.75, 3.05) is 48.8 Å². The Morgan fingerprint density at radius 3 is 2.38 bits per heavy atom. The van der Waals surface area contributed by atoms with E-state index in [1.807, 2.05) is 18.2 Å². The molecule has 0 aliphatic carbocycles. The average molecular weight is 666 g/mol. The van der Waals surface area contributed by atoms with Crippen molar-refractivity contribution < 1.29 is 32.2 Å². The third kappa shape index (κ3) is 8.75. The predicted molar refractivity (Wildman–Crippen MR) is 176 cm³/mol. The molecular formula is C34H38F3N7O4. The first kappa shape index (κ1) is 34.1. The zero-order chi connectivity index (χ0) is 34.5. The largest absolute Gasteiger partial charge is 0.481 e. The maximum absolute atomic E-state index is 14.2. The summed E-state index contributed by atoms with van der Waals surface area (Å²) in [7, 11) is 1.55. The fourth-order valence-electron chi connectivity index (χ4n) is 5.27. The van der Waals surface area contributed by atoms with Gasteiger partial charge in [0.05, 0.1) is 35.9 Å². The predicted octanol–water partition coefficient (Wildman–Crippen LogP) is 6.67. The molecule has 11 nitrogen and oxygen atoms in total. The molecule has 5 rings (SSSR count). The van der Waals surface area contributed by atoms with E-state index in [2.05, 4.69) is 25.8 Å². The van der Waals surface area contributed by atoms with Crippen LogP contribution in [-0.4, -0.2) is 71.0 Å². The summed E-state index contributed by atoms with van der Waals surface area (Å²) in [6.45, 7) is 5.86. The molecule has 254 valence electrons. The van der Waals surface area contributed by atoms with Gasteiger partial charge in [0.15, 0.2) is 5.82 Å². The van der Waals surface area contributed by atoms with Gasteiger partial charge in [0, 0.05) is 49.6 Å². The molecule has 3 N–H and O–H groups in total. The van der Waals surface area contributed by atoms with E-state index in [4.69, 9.17) is 9.47 Å². The van der Waals surface area contributed by atoms with Gasteiger partial charge in [0.2, 0.25) is 5.88 Å². The second-order valence-electron chi connectivity index (χ2n) is 12.3. The van der Waals surface area contributed by atoms with Crippen molar-refractivity contribution in [2.24, 2.45) is 0 Å². The third-order valence-corrected chi connectivity index (χ3v) is 7.56. The number of pyridine rings is 1. The Morgan fingerprint density at radius 1 is 0.958 bits per heavy atom. The highest BCUT2D eigenvalue weighted by Gasteiger charge is 2.37. The van der Waals surface area contributed by atoms with Gasteiger partial charge >= 0.3 is 12.3 Å². The molecular weight excluding hydrogens is 627 g/mol. The Kier molecular flexibility index (Phi) is 10.1. The third-order valence-electron chi connectivity index (χ3n) is 7.56. The first-order chi connectivity index (χ1) is 22.8. The van der Waals surface area contributed by atoms with E-state index in [1.54, 1.807) is 63.2 Å². The molecule has 0 radical (unpaired) electrons. The van der Waals surface area contributed by atoms with Gasteiger partial charge in [-0.15, -0.1) is 0 Å². The van der Waals surface area contributed by atoms with Crippen molar-refractivity contribution in [1.82, 2.24) is 20.1 Å². The van der Waals surface area contributed by atoms with Crippen LogP contribution in [0.4, 0.5) is 40.8 Å². The van der Waals surface area contributed by atoms with Gasteiger partial charge in [-0.25, -0.2) is 9.78 Å². The first-order valence-electron chi connectivity index (χ1n) is 15.4. The number of nitrogens with zero attached hydrogens (tertiary/aromatic N) is 4. The van der Waals surface area contributed by atoms with E-state index in [0.717, 1.165) is 23.0 Å². The van der Waals surface area contributed by atoms with Crippen LogP contribution in [0, 0.1) is 0 Å². The number of methoxy groups -OCH3 is 1. The lowest BCUT2D eigenvalue weighted by atomic mass is 10.0. The van der Waals surface area contributed by atoms with Gasteiger partial charge in [0.1, 0.15) is 5.60 Å². The minimum absolute atomic E-state index is 0.0375. The van der Waals surface area contributed by atoms with E-state index in [-0.39, 0.29) is 37.6 Å². The van der Waals surface area contributed by atoms with Gasteiger partial charge in [-0.2, -0.15) is 18.3 Å². The number of aryl methyl sites for hydroxylation is 2. The van der Waals surface area contributed by atoms with E-state index in [0.29, 0.717) is 30.1 Å². The smallest absolute Gasteiger partial charge is 0.418 e. The molecule has 2 aromatic carbocycles. The molecule has 0 bridgehead atoms. The van der Waals surface area contributed by atoms with Crippen LogP contribution in [0.2, 0.25) is 0 Å². The highest BCUT2D eigenvalue weighted by atomic mass is 19.4. The lowest BCUT2D eigenvalue weighted by molar-refractivity contribution is -0.137. The number of aromatic amines is 1. The summed E-state index contributed by atoms with van der Waals surface area (Å²) in [5, 5.41) is 13.2. The number of carbonyl (C=O) groups excluding carboxylic acids is 2. The molecule has 2 amide bonds. The van der Waals surface area contributed by atoms with Crippen molar-refractivity contribution in [3.63, 3.8) is 0 Å². The van der Waals surface area contributed by atoms with Crippen LogP contribution in [0.1, 0.15) is 48.0 Å². The van der Waals surface area contributed by atoms with Crippen LogP contribution >= 0.6 is 0 Å². The number of piperazine rings is 1. The van der Waals surface area contributed by atoms with Gasteiger partial charge in [-0.3, -0.25) is 9.89 Å². The van der Waals surface area contributed by atoms with Gasteiger partial charge < -0.3 is 29.9 Å². The fourth-order valence-corrected chi connectivity index (χ4v) is 5.27. The van der Waals surface area contributed by atoms with Crippen molar-refractivity contribution in [3.8, 4) is 5.88 Å². The number of hydrogen-bond donors (Lipinski definition) is 3. The van der Waals surface area contributed by atoms with Crippen molar-refractivity contribution in [3.05, 3.63) is 89.2 Å². The molecule has 1 fully saturated rings. The number of hydrogen-bond acceptors (Lipinski definition) is 8. The quantitative estimate of drug-likeness (QED) is 0.181. The zero-order valence-corrected chi connectivity index (χ0v) is 27.1. The SMILES string of the molecule is COc1ccc(Nc2cc(CCc3cccc(C(=O)Nc4cccc(C(F)(F)F)c4N4CCN(C(=O)OC(C)(C)C)CC4)c3)[nH]n2)cn1. The summed E-state index contributed by atoms with van der Waals surface area (Å²) in [6, 6.07) is 16.1. The van der Waals surface area contributed by atoms with Crippen LogP contribution in [0.5, 0.6) is 5.88 Å². The molecule has 2 aromatic heterocycles. The van der Waals surface area contributed by atoms with Crippen LogP contribution in [0.3, 0.4) is 0 Å². The minimum Gasteiger partial charge on any atom is -0.481 e. The van der Waals surface area contributed by atoms with E-state index >= 15 is 0 Å². The van der Waals surface area contributed by atoms with Crippen molar-refractivity contribution in [1.29, 1.82) is 0 Å². The maximum atomic E-state index is 14.2. The molecule has 1 saturated heterocycles. The van der Waals surface area contributed by atoms with Gasteiger partial charge in [-0.1, -0.05) is 18.2 Å². The summed E-state index contributed by atoms with van der Waals surface area (Å²) in [6.07, 6.45) is -2.35. The summed E-state index contributed by atoms with van der Waals surface area (Å²) >= 11 is 0. The van der Waals surface area contributed by atoms with E-state index in [1.165, 1.54) is 17.0 Å². The molecule has 4 aromatic rings. The molecule has 48 heavy (non-hydrogen) atoms. The number of benzene rings is 2. The molecule has 1 aliphatic rings. The highest BCUT2D eigenvalue weighted by Crippen LogP contribution is 2.41. The molecule has 14 heteroatoms. The number of alkyl halides is 3. The molecule has 1 aliphatic heterocycles. The Bertz CT molecular complexity index is 1730. The number of carbonyl (C=O) groups is 2. The van der Waals surface area contributed by atoms with E-state index < -0.39 is 29.3 Å². The van der Waals surface area contributed by atoms with Gasteiger partial charge in [-0.05, 0) is 69.5 Å². The Hall–Kier alpha value is -5.27. The summed E-state index contributed by atoms with van der Waals surface area (Å²) in [5.41, 5.74) is 1.15. The second kappa shape index (κ2) is 14.2. The van der Waals surface area contributed by atoms with Crippen molar-refractivity contribution >= 4 is 34.9 Å². The second-order valence-corrected chi connectivity index (χ2v) is 12.3. The topological polar surface area (TPSA) is 125 Å². The first-order valence-corrected chi connectivity index (χ1v) is 15.4. The molecule has 3 heterocycles. The maximum Gasteiger partial charge on any atom is 0.418 e. The van der Waals surface area contributed by atoms with Crippen molar-refractivity contribution in [2.45, 2.75) is 45.4 Å². The van der Waals surface area contributed by atoms with Crippen LogP contribution in [0.25, 0.3) is 0 Å². The molecule has 0 unspecified atom stereocenters. The number of H-pyrrole nitrogens is 1. The number of para-hydroxylation sites is 1. The Morgan fingerprint density at radius 2 is 1.71 bits per heavy atom. The minimum atomic E-state index is -4.66. The lowest BCUT2D eigenvalue weighted by Crippen LogP contribution is -2.50.